The van der Waals surface area contributed by atoms with Crippen LogP contribution in [0.5, 0.6) is 0 Å². The third-order valence-electron chi connectivity index (χ3n) is 3.08. The van der Waals surface area contributed by atoms with Crippen LogP contribution in [0.2, 0.25) is 0 Å². The molecule has 0 amide bonds. The lowest BCUT2D eigenvalue weighted by atomic mass is 10.1. The van der Waals surface area contributed by atoms with E-state index < -0.39 is 10.9 Å². The second-order valence-corrected chi connectivity index (χ2v) is 4.60. The Kier molecular flexibility index (Phi) is 3.85. The summed E-state index contributed by atoms with van der Waals surface area (Å²) < 4.78 is 0. The summed E-state index contributed by atoms with van der Waals surface area (Å²) in [6.07, 6.45) is 0.869. The lowest BCUT2D eigenvalue weighted by Crippen LogP contribution is -2.36. The van der Waals surface area contributed by atoms with Gasteiger partial charge in [-0.3, -0.25) is 9.59 Å². The predicted molar refractivity (Wildman–Crippen MR) is 79.3 cm³/mol. The van der Waals surface area contributed by atoms with Gasteiger partial charge in [-0.2, -0.15) is 5.26 Å². The summed E-state index contributed by atoms with van der Waals surface area (Å²) >= 11 is 0. The SMILES string of the molecule is CCCNc1c(Nc2ccc(C#N)c(C)c2)c(=O)c1=O. The predicted octanol–water partition coefficient (Wildman–Crippen LogP) is 2.03. The Balaban J connectivity index is 2.25. The highest BCUT2D eigenvalue weighted by molar-refractivity contribution is 5.79. The molecular weight excluding hydrogens is 254 g/mol. The smallest absolute Gasteiger partial charge is 0.253 e. The van der Waals surface area contributed by atoms with Crippen molar-refractivity contribution in [2.75, 3.05) is 17.2 Å². The first-order valence-corrected chi connectivity index (χ1v) is 6.43. The van der Waals surface area contributed by atoms with Gasteiger partial charge in [0.15, 0.2) is 0 Å². The second-order valence-electron chi connectivity index (χ2n) is 4.60. The summed E-state index contributed by atoms with van der Waals surface area (Å²) in [6, 6.07) is 7.26. The Bertz CT molecular complexity index is 749. The van der Waals surface area contributed by atoms with Crippen LogP contribution in [-0.4, -0.2) is 6.54 Å². The fourth-order valence-corrected chi connectivity index (χ4v) is 1.94. The van der Waals surface area contributed by atoms with Crippen LogP contribution in [0.15, 0.2) is 27.8 Å². The van der Waals surface area contributed by atoms with Crippen LogP contribution in [0, 0.1) is 18.3 Å². The lowest BCUT2D eigenvalue weighted by Gasteiger charge is -2.14. The Morgan fingerprint density at radius 1 is 1.20 bits per heavy atom. The third-order valence-corrected chi connectivity index (χ3v) is 3.08. The van der Waals surface area contributed by atoms with Crippen LogP contribution < -0.4 is 21.5 Å². The van der Waals surface area contributed by atoms with Gasteiger partial charge >= 0.3 is 0 Å². The molecule has 0 aliphatic carbocycles. The lowest BCUT2D eigenvalue weighted by molar-refractivity contribution is 0.974. The molecule has 0 fully saturated rings. The largest absolute Gasteiger partial charge is 0.380 e. The zero-order valence-electron chi connectivity index (χ0n) is 11.4. The highest BCUT2D eigenvalue weighted by Crippen LogP contribution is 2.22. The molecule has 0 aromatic heterocycles. The van der Waals surface area contributed by atoms with E-state index in [1.54, 1.807) is 18.2 Å². The minimum absolute atomic E-state index is 0.299. The molecule has 0 saturated carbocycles. The molecular formula is C15H15N3O2. The van der Waals surface area contributed by atoms with Gasteiger partial charge in [-0.1, -0.05) is 6.92 Å². The molecule has 0 heterocycles. The molecule has 0 unspecified atom stereocenters. The van der Waals surface area contributed by atoms with Gasteiger partial charge in [-0.25, -0.2) is 0 Å². The van der Waals surface area contributed by atoms with E-state index in [0.29, 0.717) is 29.2 Å². The quantitative estimate of drug-likeness (QED) is 0.812. The van der Waals surface area contributed by atoms with Crippen molar-refractivity contribution in [1.82, 2.24) is 0 Å². The monoisotopic (exact) mass is 269 g/mol. The van der Waals surface area contributed by atoms with Gasteiger partial charge in [0.05, 0.1) is 11.6 Å². The van der Waals surface area contributed by atoms with Crippen LogP contribution in [0.3, 0.4) is 0 Å². The number of nitrogens with one attached hydrogen (secondary N) is 2. The number of hydrogen-bond acceptors (Lipinski definition) is 5. The Labute approximate surface area is 116 Å². The van der Waals surface area contributed by atoms with E-state index in [0.717, 1.165) is 12.0 Å². The molecule has 2 rings (SSSR count). The van der Waals surface area contributed by atoms with E-state index in [1.807, 2.05) is 13.8 Å². The topological polar surface area (TPSA) is 82.0 Å². The van der Waals surface area contributed by atoms with Gasteiger partial charge in [0, 0.05) is 12.2 Å². The highest BCUT2D eigenvalue weighted by Gasteiger charge is 2.20. The standard InChI is InChI=1S/C15H15N3O2/c1-3-6-17-12-13(15(20)14(12)19)18-11-5-4-10(8-16)9(2)7-11/h4-5,7,17-18H,3,6H2,1-2H3. The normalized spacial score (nSPS) is 10.2. The first kappa shape index (κ1) is 13.8. The van der Waals surface area contributed by atoms with E-state index in [1.165, 1.54) is 0 Å². The van der Waals surface area contributed by atoms with Crippen molar-refractivity contribution in [2.24, 2.45) is 0 Å². The molecule has 0 saturated heterocycles. The van der Waals surface area contributed by atoms with E-state index in [2.05, 4.69) is 16.7 Å². The first-order valence-electron chi connectivity index (χ1n) is 6.43. The molecule has 102 valence electrons. The van der Waals surface area contributed by atoms with Gasteiger partial charge in [0.25, 0.3) is 10.9 Å². The van der Waals surface area contributed by atoms with Gasteiger partial charge in [0.1, 0.15) is 11.4 Å². The number of aryl methyl sites for hydroxylation is 1. The summed E-state index contributed by atoms with van der Waals surface area (Å²) in [5.74, 6) is 0. The molecule has 20 heavy (non-hydrogen) atoms. The van der Waals surface area contributed by atoms with Crippen molar-refractivity contribution in [3.63, 3.8) is 0 Å². The summed E-state index contributed by atoms with van der Waals surface area (Å²) in [6.45, 7) is 4.45. The van der Waals surface area contributed by atoms with Crippen LogP contribution in [-0.2, 0) is 0 Å². The minimum atomic E-state index is -0.509. The second kappa shape index (κ2) is 5.57. The average molecular weight is 269 g/mol. The molecule has 0 bridgehead atoms. The Hall–Kier alpha value is -2.61. The Morgan fingerprint density at radius 2 is 1.90 bits per heavy atom. The summed E-state index contributed by atoms with van der Waals surface area (Å²) in [5, 5.41) is 14.8. The molecule has 2 aromatic rings. The molecule has 0 aliphatic heterocycles. The van der Waals surface area contributed by atoms with Crippen LogP contribution >= 0.6 is 0 Å². The van der Waals surface area contributed by atoms with Crippen molar-refractivity contribution in [2.45, 2.75) is 20.3 Å². The van der Waals surface area contributed by atoms with Gasteiger partial charge in [-0.05, 0) is 37.1 Å². The van der Waals surface area contributed by atoms with Gasteiger partial charge in [-0.15, -0.1) is 0 Å². The van der Waals surface area contributed by atoms with E-state index >= 15 is 0 Å². The molecule has 0 spiro atoms. The molecule has 0 atom stereocenters. The van der Waals surface area contributed by atoms with E-state index in [9.17, 15) is 9.59 Å². The number of rotatable bonds is 5. The third kappa shape index (κ3) is 2.41. The van der Waals surface area contributed by atoms with Crippen LogP contribution in [0.25, 0.3) is 0 Å². The average Bonchev–Trinajstić information content (AvgIpc) is 2.46. The van der Waals surface area contributed by atoms with Gasteiger partial charge < -0.3 is 10.6 Å². The van der Waals surface area contributed by atoms with Crippen molar-refractivity contribution in [3.8, 4) is 6.07 Å². The van der Waals surface area contributed by atoms with Crippen molar-refractivity contribution < 1.29 is 0 Å². The van der Waals surface area contributed by atoms with E-state index in [-0.39, 0.29) is 0 Å². The zero-order chi connectivity index (χ0) is 14.7. The molecule has 5 nitrogen and oxygen atoms in total. The van der Waals surface area contributed by atoms with Crippen molar-refractivity contribution in [1.29, 1.82) is 5.26 Å². The molecule has 0 aliphatic rings. The molecule has 2 N–H and O–H groups in total. The van der Waals surface area contributed by atoms with Crippen molar-refractivity contribution >= 4 is 17.1 Å². The summed E-state index contributed by atoms with van der Waals surface area (Å²) in [4.78, 5) is 23.1. The highest BCUT2D eigenvalue weighted by atomic mass is 16.2. The maximum Gasteiger partial charge on any atom is 0.253 e. The number of nitrogens with zero attached hydrogens (tertiary/aromatic N) is 1. The molecule has 2 aromatic carbocycles. The number of nitriles is 1. The number of anilines is 3. The molecule has 5 heteroatoms. The molecule has 0 radical (unpaired) electrons. The maximum atomic E-state index is 11.6. The minimum Gasteiger partial charge on any atom is -0.380 e. The first-order chi connectivity index (χ1) is 9.58. The summed E-state index contributed by atoms with van der Waals surface area (Å²) in [5.41, 5.74) is 1.75. The fraction of sp³-hybridized carbons (Fsp3) is 0.267. The maximum absolute atomic E-state index is 11.6. The Morgan fingerprint density at radius 3 is 2.50 bits per heavy atom. The van der Waals surface area contributed by atoms with Crippen LogP contribution in [0.1, 0.15) is 24.5 Å². The zero-order valence-corrected chi connectivity index (χ0v) is 11.4. The number of benzene rings is 1. The fourth-order valence-electron chi connectivity index (χ4n) is 1.94. The van der Waals surface area contributed by atoms with E-state index in [4.69, 9.17) is 5.26 Å². The number of hydrogen-bond donors (Lipinski definition) is 2. The summed E-state index contributed by atoms with van der Waals surface area (Å²) in [7, 11) is 0. The van der Waals surface area contributed by atoms with Gasteiger partial charge in [0.2, 0.25) is 0 Å². The van der Waals surface area contributed by atoms with Crippen molar-refractivity contribution in [3.05, 3.63) is 49.8 Å². The van der Waals surface area contributed by atoms with Crippen LogP contribution in [0.4, 0.5) is 17.1 Å².